The summed E-state index contributed by atoms with van der Waals surface area (Å²) in [7, 11) is 3.36. The zero-order valence-electron chi connectivity index (χ0n) is 18.9. The maximum Gasteiger partial charge on any atom is 0.280 e. The lowest BCUT2D eigenvalue weighted by molar-refractivity contribution is -0.0675. The van der Waals surface area contributed by atoms with Gasteiger partial charge in [-0.1, -0.05) is 0 Å². The van der Waals surface area contributed by atoms with E-state index in [1.54, 1.807) is 47.9 Å². The van der Waals surface area contributed by atoms with Gasteiger partial charge in [0.1, 0.15) is 11.2 Å². The Kier molecular flexibility index (Phi) is 6.82. The van der Waals surface area contributed by atoms with E-state index in [0.717, 1.165) is 0 Å². The Labute approximate surface area is 194 Å². The molecule has 0 aromatic carbocycles. The third-order valence-electron chi connectivity index (χ3n) is 5.71. The second-order valence-electron chi connectivity index (χ2n) is 8.19. The van der Waals surface area contributed by atoms with Crippen molar-refractivity contribution < 1.29 is 13.2 Å². The van der Waals surface area contributed by atoms with E-state index in [9.17, 15) is 13.2 Å². The van der Waals surface area contributed by atoms with Crippen molar-refractivity contribution in [2.24, 2.45) is 5.11 Å². The van der Waals surface area contributed by atoms with Crippen molar-refractivity contribution in [2.45, 2.75) is 24.8 Å². The van der Waals surface area contributed by atoms with Gasteiger partial charge in [0.05, 0.1) is 25.0 Å². The van der Waals surface area contributed by atoms with Crippen LogP contribution in [0.25, 0.3) is 16.8 Å². The maximum absolute atomic E-state index is 14.5. The first-order valence-electron chi connectivity index (χ1n) is 10.9. The van der Waals surface area contributed by atoms with E-state index in [1.807, 2.05) is 0 Å². The lowest BCUT2D eigenvalue weighted by atomic mass is 10.0. The lowest BCUT2D eigenvalue weighted by Crippen LogP contribution is -2.53. The smallest absolute Gasteiger partial charge is 0.280 e. The number of pyridine rings is 1. The van der Waals surface area contributed by atoms with E-state index >= 15 is 0 Å². The minimum Gasteiger partial charge on any atom is -0.371 e. The van der Waals surface area contributed by atoms with E-state index in [4.69, 9.17) is 5.53 Å². The Balaban J connectivity index is 1.67. The summed E-state index contributed by atoms with van der Waals surface area (Å²) in [6.45, 7) is 0.115. The summed E-state index contributed by atoms with van der Waals surface area (Å²) in [5.74, 6) is -2.00. The highest BCUT2D eigenvalue weighted by atomic mass is 19.3. The Morgan fingerprint density at radius 2 is 2.06 bits per heavy atom. The minimum atomic E-state index is -2.91. The highest BCUT2D eigenvalue weighted by molar-refractivity contribution is 5.88. The SMILES string of the molecule is CNc1nc(N[C@@H]2CCN(C)CC2(F)F)nn2ccc(-c3ccc(N=N)c(NCCCF)n3)c12. The number of nitrogens with one attached hydrogen (secondary N) is 4. The van der Waals surface area contributed by atoms with Crippen molar-refractivity contribution in [1.29, 1.82) is 5.53 Å². The minimum absolute atomic E-state index is 0.0955. The first-order chi connectivity index (χ1) is 16.4. The zero-order valence-corrected chi connectivity index (χ0v) is 18.9. The van der Waals surface area contributed by atoms with Gasteiger partial charge in [0.2, 0.25) is 5.95 Å². The molecule has 0 aliphatic carbocycles. The number of piperidine rings is 1. The summed E-state index contributed by atoms with van der Waals surface area (Å²) < 4.78 is 43.0. The number of halogens is 3. The van der Waals surface area contributed by atoms with Crippen LogP contribution in [0.2, 0.25) is 0 Å². The van der Waals surface area contributed by atoms with Crippen LogP contribution in [0.3, 0.4) is 0 Å². The van der Waals surface area contributed by atoms with Crippen LogP contribution in [0.5, 0.6) is 0 Å². The summed E-state index contributed by atoms with van der Waals surface area (Å²) in [5.41, 5.74) is 9.56. The molecule has 0 amide bonds. The maximum atomic E-state index is 14.5. The van der Waals surface area contributed by atoms with Crippen molar-refractivity contribution in [3.05, 3.63) is 24.4 Å². The predicted molar refractivity (Wildman–Crippen MR) is 124 cm³/mol. The van der Waals surface area contributed by atoms with Crippen molar-refractivity contribution >= 4 is 28.8 Å². The molecule has 10 nitrogen and oxygen atoms in total. The average molecular weight is 477 g/mol. The van der Waals surface area contributed by atoms with E-state index in [1.165, 1.54) is 0 Å². The Morgan fingerprint density at radius 1 is 1.24 bits per heavy atom. The van der Waals surface area contributed by atoms with Gasteiger partial charge in [0.25, 0.3) is 5.92 Å². The van der Waals surface area contributed by atoms with Gasteiger partial charge in [-0.05, 0) is 38.1 Å². The van der Waals surface area contributed by atoms with Gasteiger partial charge in [-0.25, -0.2) is 23.8 Å². The van der Waals surface area contributed by atoms with Crippen LogP contribution in [0.1, 0.15) is 12.8 Å². The number of fused-ring (bicyclic) bond motifs is 1. The van der Waals surface area contributed by atoms with Gasteiger partial charge in [0, 0.05) is 31.9 Å². The van der Waals surface area contributed by atoms with Gasteiger partial charge in [-0.2, -0.15) is 10.1 Å². The van der Waals surface area contributed by atoms with Gasteiger partial charge in [0.15, 0.2) is 11.6 Å². The summed E-state index contributed by atoms with van der Waals surface area (Å²) in [6.07, 6.45) is 2.28. The molecular formula is C21H27F3N10. The summed E-state index contributed by atoms with van der Waals surface area (Å²) in [4.78, 5) is 10.6. The third kappa shape index (κ3) is 4.74. The molecule has 1 atom stereocenters. The zero-order chi connectivity index (χ0) is 24.3. The lowest BCUT2D eigenvalue weighted by Gasteiger charge is -2.36. The number of nitrogens with zero attached hydrogens (tertiary/aromatic N) is 6. The van der Waals surface area contributed by atoms with Crippen molar-refractivity contribution in [3.63, 3.8) is 0 Å². The van der Waals surface area contributed by atoms with E-state index in [0.29, 0.717) is 53.6 Å². The van der Waals surface area contributed by atoms with E-state index in [2.05, 4.69) is 36.1 Å². The Morgan fingerprint density at radius 3 is 2.76 bits per heavy atom. The second kappa shape index (κ2) is 9.79. The fourth-order valence-electron chi connectivity index (χ4n) is 4.01. The molecule has 0 spiro atoms. The fraction of sp³-hybridized carbons (Fsp3) is 0.476. The Bertz CT molecular complexity index is 1170. The van der Waals surface area contributed by atoms with E-state index in [-0.39, 0.29) is 18.9 Å². The average Bonchev–Trinajstić information content (AvgIpc) is 3.24. The molecule has 1 fully saturated rings. The molecule has 4 heterocycles. The van der Waals surface area contributed by atoms with Crippen LogP contribution < -0.4 is 16.0 Å². The van der Waals surface area contributed by atoms with Gasteiger partial charge in [-0.15, -0.1) is 5.10 Å². The number of alkyl halides is 3. The molecule has 0 bridgehead atoms. The highest BCUT2D eigenvalue weighted by Crippen LogP contribution is 2.34. The summed E-state index contributed by atoms with van der Waals surface area (Å²) >= 11 is 0. The first-order valence-corrected chi connectivity index (χ1v) is 10.9. The number of anilines is 3. The van der Waals surface area contributed by atoms with Crippen molar-refractivity contribution in [1.82, 2.24) is 24.5 Å². The molecule has 1 aliphatic heterocycles. The summed E-state index contributed by atoms with van der Waals surface area (Å²) in [6, 6.07) is 4.09. The van der Waals surface area contributed by atoms with Gasteiger partial charge in [-0.3, -0.25) is 4.39 Å². The van der Waals surface area contributed by atoms with Crippen LogP contribution in [-0.4, -0.2) is 76.9 Å². The van der Waals surface area contributed by atoms with Crippen LogP contribution in [0.15, 0.2) is 29.5 Å². The second-order valence-corrected chi connectivity index (χ2v) is 8.19. The van der Waals surface area contributed by atoms with Crippen LogP contribution in [-0.2, 0) is 0 Å². The van der Waals surface area contributed by atoms with Gasteiger partial charge < -0.3 is 20.9 Å². The van der Waals surface area contributed by atoms with E-state index < -0.39 is 18.6 Å². The molecule has 3 aromatic heterocycles. The Hall–Kier alpha value is -3.48. The van der Waals surface area contributed by atoms with Crippen LogP contribution >= 0.6 is 0 Å². The number of aromatic nitrogens is 4. The molecule has 182 valence electrons. The number of likely N-dealkylation sites (tertiary alicyclic amines) is 1. The molecule has 1 saturated heterocycles. The third-order valence-corrected chi connectivity index (χ3v) is 5.71. The van der Waals surface area contributed by atoms with Gasteiger partial charge >= 0.3 is 0 Å². The number of hydrogen-bond donors (Lipinski definition) is 4. The molecule has 13 heteroatoms. The van der Waals surface area contributed by atoms with Crippen LogP contribution in [0, 0.1) is 5.53 Å². The molecule has 0 radical (unpaired) electrons. The van der Waals surface area contributed by atoms with Crippen LogP contribution in [0.4, 0.5) is 36.4 Å². The predicted octanol–water partition coefficient (Wildman–Crippen LogP) is 4.02. The quantitative estimate of drug-likeness (QED) is 0.272. The molecule has 4 N–H and O–H groups in total. The summed E-state index contributed by atoms with van der Waals surface area (Å²) in [5, 5.41) is 16.7. The largest absolute Gasteiger partial charge is 0.371 e. The molecule has 0 unspecified atom stereocenters. The normalized spacial score (nSPS) is 18.1. The molecule has 34 heavy (non-hydrogen) atoms. The molecule has 1 aliphatic rings. The number of rotatable bonds is 9. The number of hydrogen-bond acceptors (Lipinski definition) is 9. The standard InChI is InChI=1S/C21H27F3N10/c1-26-19-17-13(14-4-5-15(31-25)18(28-14)27-9-3-8-22)6-11-34(17)32-20(30-19)29-16-7-10-33(2)12-21(16,23)24/h4-6,11,16,25H,3,7-10,12H2,1-2H3,(H,27,28)(H2,26,29,30,32)/t16-/m1/s1. The molecule has 3 aromatic rings. The van der Waals surface area contributed by atoms with Crippen molar-refractivity contribution in [3.8, 4) is 11.3 Å². The molecule has 4 rings (SSSR count). The highest BCUT2D eigenvalue weighted by Gasteiger charge is 2.44. The van der Waals surface area contributed by atoms with Crippen molar-refractivity contribution in [2.75, 3.05) is 56.4 Å². The topological polar surface area (TPSA) is 119 Å². The monoisotopic (exact) mass is 476 g/mol. The molecular weight excluding hydrogens is 449 g/mol. The first kappa shape index (κ1) is 23.7. The fourth-order valence-corrected chi connectivity index (χ4v) is 4.01. The molecule has 0 saturated carbocycles.